The van der Waals surface area contributed by atoms with E-state index in [0.717, 1.165) is 18.3 Å². The van der Waals surface area contributed by atoms with E-state index in [1.54, 1.807) is 25.4 Å². The van der Waals surface area contributed by atoms with E-state index < -0.39 is 39.9 Å². The Morgan fingerprint density at radius 2 is 1.86 bits per heavy atom. The summed E-state index contributed by atoms with van der Waals surface area (Å²) in [6.45, 7) is 0. The molecule has 0 aliphatic carbocycles. The van der Waals surface area contributed by atoms with Gasteiger partial charge in [0.05, 0.1) is 23.8 Å². The standard InChI is InChI=1S/C17H13F3N4O4S/c1-24-16-10(8-22-24)3-2-4-13(16)23-29(27,28)11-5-6-12(21-9-11)14(25)7-15(26)17(18,19)20/h2-6,8-9,23H,7H2,1H3. The molecule has 0 unspecified atom stereocenters. The van der Waals surface area contributed by atoms with E-state index in [-0.39, 0.29) is 10.6 Å². The molecule has 2 heterocycles. The number of aryl methyl sites for hydroxylation is 1. The molecule has 0 atom stereocenters. The third-order valence-electron chi connectivity index (χ3n) is 3.97. The van der Waals surface area contributed by atoms with Gasteiger partial charge >= 0.3 is 6.18 Å². The normalized spacial score (nSPS) is 12.1. The predicted octanol–water partition coefficient (Wildman–Crippen LogP) is 2.47. The highest BCUT2D eigenvalue weighted by molar-refractivity contribution is 7.92. The number of nitrogens with one attached hydrogen (secondary N) is 1. The van der Waals surface area contributed by atoms with Gasteiger partial charge in [0, 0.05) is 18.6 Å². The third-order valence-corrected chi connectivity index (χ3v) is 5.33. The minimum Gasteiger partial charge on any atom is -0.292 e. The Hall–Kier alpha value is -3.28. The first-order chi connectivity index (χ1) is 13.5. The highest BCUT2D eigenvalue weighted by Crippen LogP contribution is 2.25. The molecule has 0 spiro atoms. The summed E-state index contributed by atoms with van der Waals surface area (Å²) in [5.41, 5.74) is 0.357. The van der Waals surface area contributed by atoms with E-state index >= 15 is 0 Å². The maximum absolute atomic E-state index is 12.6. The largest absolute Gasteiger partial charge is 0.450 e. The number of rotatable bonds is 6. The Kier molecular flexibility index (Phi) is 5.13. The number of fused-ring (bicyclic) bond motifs is 1. The lowest BCUT2D eigenvalue weighted by Crippen LogP contribution is -2.25. The van der Waals surface area contributed by atoms with Crippen molar-refractivity contribution in [1.82, 2.24) is 14.8 Å². The Bertz CT molecular complexity index is 1200. The van der Waals surface area contributed by atoms with Crippen molar-refractivity contribution in [1.29, 1.82) is 0 Å². The molecule has 0 saturated carbocycles. The molecule has 0 radical (unpaired) electrons. The van der Waals surface area contributed by atoms with Crippen molar-refractivity contribution in [3.63, 3.8) is 0 Å². The van der Waals surface area contributed by atoms with Gasteiger partial charge in [0.25, 0.3) is 10.0 Å². The van der Waals surface area contributed by atoms with Crippen LogP contribution in [0.3, 0.4) is 0 Å². The smallest absolute Gasteiger partial charge is 0.292 e. The van der Waals surface area contributed by atoms with Gasteiger partial charge in [-0.1, -0.05) is 12.1 Å². The van der Waals surface area contributed by atoms with Gasteiger partial charge in [0.15, 0.2) is 5.78 Å². The number of para-hydroxylation sites is 1. The zero-order valence-corrected chi connectivity index (χ0v) is 15.6. The topological polar surface area (TPSA) is 111 Å². The molecule has 0 saturated heterocycles. The van der Waals surface area contributed by atoms with Gasteiger partial charge in [-0.05, 0) is 18.2 Å². The Morgan fingerprint density at radius 1 is 1.14 bits per heavy atom. The number of carbonyl (C=O) groups excluding carboxylic acids is 2. The molecule has 0 aliphatic heterocycles. The molecule has 152 valence electrons. The van der Waals surface area contributed by atoms with Crippen LogP contribution in [0.15, 0.2) is 47.6 Å². The predicted molar refractivity (Wildman–Crippen MR) is 95.8 cm³/mol. The molecular formula is C17H13F3N4O4S. The number of hydrogen-bond donors (Lipinski definition) is 1. The maximum atomic E-state index is 12.6. The lowest BCUT2D eigenvalue weighted by atomic mass is 10.1. The number of benzene rings is 1. The molecule has 3 rings (SSSR count). The van der Waals surface area contributed by atoms with Crippen molar-refractivity contribution in [2.24, 2.45) is 7.05 Å². The number of Topliss-reactive ketones (excluding diaryl/α,β-unsaturated/α-hetero) is 2. The summed E-state index contributed by atoms with van der Waals surface area (Å²) >= 11 is 0. The van der Waals surface area contributed by atoms with Crippen molar-refractivity contribution in [3.05, 3.63) is 48.4 Å². The van der Waals surface area contributed by atoms with Crippen molar-refractivity contribution in [2.45, 2.75) is 17.5 Å². The number of anilines is 1. The minimum absolute atomic E-state index is 0.262. The van der Waals surface area contributed by atoms with E-state index in [9.17, 15) is 31.2 Å². The van der Waals surface area contributed by atoms with Crippen LogP contribution in [-0.4, -0.2) is 40.9 Å². The first-order valence-corrected chi connectivity index (χ1v) is 9.50. The maximum Gasteiger partial charge on any atom is 0.450 e. The first-order valence-electron chi connectivity index (χ1n) is 8.02. The molecule has 1 N–H and O–H groups in total. The molecule has 0 fully saturated rings. The summed E-state index contributed by atoms with van der Waals surface area (Å²) < 4.78 is 65.8. The van der Waals surface area contributed by atoms with Crippen LogP contribution in [0.5, 0.6) is 0 Å². The van der Waals surface area contributed by atoms with Gasteiger partial charge in [-0.15, -0.1) is 0 Å². The third kappa shape index (κ3) is 4.26. The average molecular weight is 426 g/mol. The second kappa shape index (κ2) is 7.28. The van der Waals surface area contributed by atoms with Gasteiger partial charge < -0.3 is 0 Å². The molecule has 8 nitrogen and oxygen atoms in total. The number of alkyl halides is 3. The number of sulfonamides is 1. The van der Waals surface area contributed by atoms with Crippen molar-refractivity contribution in [2.75, 3.05) is 4.72 Å². The van der Waals surface area contributed by atoms with E-state index in [2.05, 4.69) is 14.8 Å². The monoisotopic (exact) mass is 426 g/mol. The highest BCUT2D eigenvalue weighted by Gasteiger charge is 2.39. The quantitative estimate of drug-likeness (QED) is 0.479. The Labute approximate surface area is 162 Å². The first kappa shape index (κ1) is 20.5. The van der Waals surface area contributed by atoms with Crippen LogP contribution in [0.25, 0.3) is 10.9 Å². The van der Waals surface area contributed by atoms with Crippen LogP contribution in [0.1, 0.15) is 16.9 Å². The molecule has 29 heavy (non-hydrogen) atoms. The molecular weight excluding hydrogens is 413 g/mol. The zero-order valence-electron chi connectivity index (χ0n) is 14.8. The second-order valence-electron chi connectivity index (χ2n) is 6.02. The summed E-state index contributed by atoms with van der Waals surface area (Å²) in [4.78, 5) is 25.9. The Morgan fingerprint density at radius 3 is 2.48 bits per heavy atom. The summed E-state index contributed by atoms with van der Waals surface area (Å²) in [7, 11) is -2.46. The molecule has 1 aromatic carbocycles. The van der Waals surface area contributed by atoms with Crippen LogP contribution in [0.2, 0.25) is 0 Å². The summed E-state index contributed by atoms with van der Waals surface area (Å²) in [6, 6.07) is 6.90. The number of pyridine rings is 1. The van der Waals surface area contributed by atoms with E-state index in [1.807, 2.05) is 0 Å². The van der Waals surface area contributed by atoms with Crippen molar-refractivity contribution in [3.8, 4) is 0 Å². The van der Waals surface area contributed by atoms with E-state index in [0.29, 0.717) is 10.9 Å². The summed E-state index contributed by atoms with van der Waals surface area (Å²) in [5, 5.41) is 4.76. The molecule has 3 aromatic rings. The van der Waals surface area contributed by atoms with Gasteiger partial charge in [0.2, 0.25) is 5.78 Å². The number of halogens is 3. The van der Waals surface area contributed by atoms with Gasteiger partial charge in [-0.2, -0.15) is 18.3 Å². The summed E-state index contributed by atoms with van der Waals surface area (Å²) in [5.74, 6) is -3.36. The van der Waals surface area contributed by atoms with Crippen molar-refractivity contribution < 1.29 is 31.2 Å². The van der Waals surface area contributed by atoms with E-state index in [4.69, 9.17) is 0 Å². The van der Waals surface area contributed by atoms with Crippen LogP contribution in [0, 0.1) is 0 Å². The number of nitrogens with zero attached hydrogens (tertiary/aromatic N) is 3. The van der Waals surface area contributed by atoms with Crippen molar-refractivity contribution >= 4 is 38.2 Å². The minimum atomic E-state index is -5.13. The van der Waals surface area contributed by atoms with Crippen LogP contribution in [-0.2, 0) is 21.9 Å². The number of carbonyl (C=O) groups is 2. The van der Waals surface area contributed by atoms with Crippen LogP contribution < -0.4 is 4.72 Å². The van der Waals surface area contributed by atoms with E-state index in [1.165, 1.54) is 10.7 Å². The SMILES string of the molecule is Cn1ncc2cccc(NS(=O)(=O)c3ccc(C(=O)CC(=O)C(F)(F)F)nc3)c21. The molecule has 12 heteroatoms. The molecule has 0 aliphatic rings. The Balaban J connectivity index is 1.82. The van der Waals surface area contributed by atoms with Crippen LogP contribution in [0.4, 0.5) is 18.9 Å². The van der Waals surface area contributed by atoms with Gasteiger partial charge in [-0.25, -0.2) is 8.42 Å². The highest BCUT2D eigenvalue weighted by atomic mass is 32.2. The van der Waals surface area contributed by atoms with Gasteiger partial charge in [-0.3, -0.25) is 24.0 Å². The lowest BCUT2D eigenvalue weighted by Gasteiger charge is -2.10. The molecule has 0 bridgehead atoms. The molecule has 0 amide bonds. The summed E-state index contributed by atoms with van der Waals surface area (Å²) in [6.07, 6.45) is -4.13. The fourth-order valence-electron chi connectivity index (χ4n) is 2.56. The zero-order chi connectivity index (χ0) is 21.4. The fraction of sp³-hybridized carbons (Fsp3) is 0.176. The number of ketones is 2. The molecule has 2 aromatic heterocycles. The second-order valence-corrected chi connectivity index (χ2v) is 7.70. The average Bonchev–Trinajstić information content (AvgIpc) is 3.03. The number of aromatic nitrogens is 3. The number of hydrogen-bond acceptors (Lipinski definition) is 6. The van der Waals surface area contributed by atoms with Gasteiger partial charge in [0.1, 0.15) is 10.6 Å². The van der Waals surface area contributed by atoms with Crippen LogP contribution >= 0.6 is 0 Å². The fourth-order valence-corrected chi connectivity index (χ4v) is 3.57. The lowest BCUT2D eigenvalue weighted by molar-refractivity contribution is -0.170.